The van der Waals surface area contributed by atoms with Gasteiger partial charge in [-0.1, -0.05) is 51.9 Å². The summed E-state index contributed by atoms with van der Waals surface area (Å²) in [6, 6.07) is 0. The molecule has 0 radical (unpaired) electrons. The Balaban J connectivity index is 3.49. The largest absolute Gasteiger partial charge is 0.756 e. The van der Waals surface area contributed by atoms with Crippen molar-refractivity contribution in [3.63, 3.8) is 0 Å². The van der Waals surface area contributed by atoms with E-state index in [4.69, 9.17) is 13.8 Å². The molecule has 1 unspecified atom stereocenters. The summed E-state index contributed by atoms with van der Waals surface area (Å²) in [5.41, 5.74) is 0. The number of esters is 1. The number of nitrogens with zero attached hydrogens (tertiary/aromatic N) is 1. The molecule has 7 nitrogen and oxygen atoms in total. The molecule has 1 atom stereocenters. The standard InChI is InChI=1S/C20H42NO6P/c1-5-6-7-8-9-10-13-17-25-20(22)15-12-11-14-18-26-28(23,24)27-19-16-21(2,3)4/h5-19H2,1-4H3. The Morgan fingerprint density at radius 1 is 0.821 bits per heavy atom. The van der Waals surface area contributed by atoms with Crippen molar-refractivity contribution in [2.75, 3.05) is 47.5 Å². The Bertz CT molecular complexity index is 439. The van der Waals surface area contributed by atoms with Gasteiger partial charge in [-0.3, -0.25) is 9.36 Å². The van der Waals surface area contributed by atoms with Crippen molar-refractivity contribution in [2.24, 2.45) is 0 Å². The fraction of sp³-hybridized carbons (Fsp3) is 0.950. The van der Waals surface area contributed by atoms with E-state index < -0.39 is 7.82 Å². The van der Waals surface area contributed by atoms with Gasteiger partial charge in [-0.2, -0.15) is 0 Å². The summed E-state index contributed by atoms with van der Waals surface area (Å²) in [5.74, 6) is -0.176. The zero-order valence-electron chi connectivity index (χ0n) is 18.5. The van der Waals surface area contributed by atoms with Gasteiger partial charge in [0.2, 0.25) is 0 Å². The van der Waals surface area contributed by atoms with Crippen LogP contribution in [0.25, 0.3) is 0 Å². The number of hydrogen-bond donors (Lipinski definition) is 0. The molecule has 0 N–H and O–H groups in total. The molecule has 0 saturated carbocycles. The highest BCUT2D eigenvalue weighted by Gasteiger charge is 2.13. The smallest absolute Gasteiger partial charge is 0.305 e. The fourth-order valence-corrected chi connectivity index (χ4v) is 3.24. The molecule has 0 aliphatic carbocycles. The maximum absolute atomic E-state index is 11.6. The SMILES string of the molecule is CCCCCCCCCOC(=O)CCCCCOP(=O)([O-])OCC[N+](C)(C)C. The normalized spacial score (nSPS) is 14.0. The average Bonchev–Trinajstić information content (AvgIpc) is 2.59. The molecule has 0 bridgehead atoms. The van der Waals surface area contributed by atoms with Crippen LogP contribution in [0, 0.1) is 0 Å². The van der Waals surface area contributed by atoms with Crippen molar-refractivity contribution < 1.29 is 32.5 Å². The highest BCUT2D eigenvalue weighted by Crippen LogP contribution is 2.38. The van der Waals surface area contributed by atoms with Crippen molar-refractivity contribution in [2.45, 2.75) is 77.6 Å². The average molecular weight is 424 g/mol. The van der Waals surface area contributed by atoms with Crippen LogP contribution < -0.4 is 4.89 Å². The second kappa shape index (κ2) is 16.3. The number of carbonyl (C=O) groups excluding carboxylic acids is 1. The second-order valence-electron chi connectivity index (χ2n) is 8.28. The Kier molecular flexibility index (Phi) is 16.1. The summed E-state index contributed by atoms with van der Waals surface area (Å²) in [6.45, 7) is 3.47. The number of quaternary nitrogens is 1. The molecule has 28 heavy (non-hydrogen) atoms. The van der Waals surface area contributed by atoms with E-state index in [0.717, 1.165) is 12.8 Å². The molecule has 0 rings (SSSR count). The minimum atomic E-state index is -4.23. The van der Waals surface area contributed by atoms with Gasteiger partial charge in [0, 0.05) is 6.42 Å². The lowest BCUT2D eigenvalue weighted by molar-refractivity contribution is -0.870. The summed E-state index contributed by atoms with van der Waals surface area (Å²) >= 11 is 0. The summed E-state index contributed by atoms with van der Waals surface area (Å²) in [7, 11) is 1.65. The second-order valence-corrected chi connectivity index (χ2v) is 9.69. The Hall–Kier alpha value is -0.460. The molecule has 0 aromatic rings. The van der Waals surface area contributed by atoms with Crippen molar-refractivity contribution in [3.05, 3.63) is 0 Å². The first-order chi connectivity index (χ1) is 13.2. The molecule has 168 valence electrons. The summed E-state index contributed by atoms with van der Waals surface area (Å²) < 4.78 is 27.1. The van der Waals surface area contributed by atoms with Crippen molar-refractivity contribution in [1.82, 2.24) is 0 Å². The maximum Gasteiger partial charge on any atom is 0.305 e. The Morgan fingerprint density at radius 3 is 2.00 bits per heavy atom. The quantitative estimate of drug-likeness (QED) is 0.135. The number of phosphoric ester groups is 1. The molecule has 0 aliphatic heterocycles. The topological polar surface area (TPSA) is 84.9 Å². The zero-order chi connectivity index (χ0) is 21.3. The first-order valence-electron chi connectivity index (χ1n) is 10.7. The Morgan fingerprint density at radius 2 is 1.36 bits per heavy atom. The van der Waals surface area contributed by atoms with Crippen LogP contribution in [0.1, 0.15) is 77.6 Å². The fourth-order valence-electron chi connectivity index (χ4n) is 2.51. The molecule has 8 heteroatoms. The first-order valence-corrected chi connectivity index (χ1v) is 12.2. The van der Waals surface area contributed by atoms with Crippen LogP contribution in [0.4, 0.5) is 0 Å². The Labute approximate surface area is 171 Å². The van der Waals surface area contributed by atoms with Gasteiger partial charge < -0.3 is 23.2 Å². The number of carbonyl (C=O) groups is 1. The molecule has 0 spiro atoms. The van der Waals surface area contributed by atoms with E-state index in [9.17, 15) is 14.3 Å². The summed E-state index contributed by atoms with van der Waals surface area (Å²) in [6.07, 6.45) is 10.7. The van der Waals surface area contributed by atoms with E-state index in [2.05, 4.69) is 6.92 Å². The minimum absolute atomic E-state index is 0.0816. The predicted octanol–water partition coefficient (Wildman–Crippen LogP) is 4.05. The van der Waals surface area contributed by atoms with Crippen LogP contribution in [0.15, 0.2) is 0 Å². The third-order valence-electron chi connectivity index (χ3n) is 4.30. The third kappa shape index (κ3) is 20.3. The maximum atomic E-state index is 11.6. The van der Waals surface area contributed by atoms with E-state index in [1.54, 1.807) is 0 Å². The zero-order valence-corrected chi connectivity index (χ0v) is 19.3. The number of hydrogen-bond acceptors (Lipinski definition) is 6. The van der Waals surface area contributed by atoms with Crippen LogP contribution in [-0.4, -0.2) is 58.0 Å². The number of likely N-dealkylation sites (N-methyl/N-ethyl adjacent to an activating group) is 1. The van der Waals surface area contributed by atoms with Crippen LogP contribution >= 0.6 is 7.82 Å². The van der Waals surface area contributed by atoms with Crippen molar-refractivity contribution in [1.29, 1.82) is 0 Å². The first kappa shape index (κ1) is 27.5. The molecular weight excluding hydrogens is 381 g/mol. The monoisotopic (exact) mass is 423 g/mol. The van der Waals surface area contributed by atoms with Gasteiger partial charge in [0.25, 0.3) is 7.82 Å². The van der Waals surface area contributed by atoms with Crippen molar-refractivity contribution in [3.8, 4) is 0 Å². The van der Waals surface area contributed by atoms with Crippen LogP contribution in [-0.2, 0) is 23.1 Å². The lowest BCUT2D eigenvalue weighted by Crippen LogP contribution is -2.37. The molecule has 0 aromatic carbocycles. The van der Waals surface area contributed by atoms with Gasteiger partial charge in [-0.25, -0.2) is 0 Å². The molecule has 0 saturated heterocycles. The van der Waals surface area contributed by atoms with E-state index in [1.165, 1.54) is 32.1 Å². The van der Waals surface area contributed by atoms with Gasteiger partial charge in [-0.15, -0.1) is 0 Å². The third-order valence-corrected chi connectivity index (χ3v) is 5.29. The number of ether oxygens (including phenoxy) is 1. The van der Waals surface area contributed by atoms with Crippen molar-refractivity contribution >= 4 is 13.8 Å². The van der Waals surface area contributed by atoms with Gasteiger partial charge in [0.1, 0.15) is 13.2 Å². The summed E-state index contributed by atoms with van der Waals surface area (Å²) in [4.78, 5) is 23.2. The minimum Gasteiger partial charge on any atom is -0.756 e. The predicted molar refractivity (Wildman–Crippen MR) is 110 cm³/mol. The van der Waals surface area contributed by atoms with E-state index in [1.807, 2.05) is 21.1 Å². The number of unbranched alkanes of at least 4 members (excludes halogenated alkanes) is 8. The lowest BCUT2D eigenvalue weighted by Gasteiger charge is -2.27. The van der Waals surface area contributed by atoms with Crippen LogP contribution in [0.3, 0.4) is 0 Å². The van der Waals surface area contributed by atoms with E-state index in [0.29, 0.717) is 43.3 Å². The van der Waals surface area contributed by atoms with Crippen LogP contribution in [0.2, 0.25) is 0 Å². The number of rotatable bonds is 19. The van der Waals surface area contributed by atoms with Gasteiger partial charge in [-0.05, 0) is 19.3 Å². The summed E-state index contributed by atoms with van der Waals surface area (Å²) in [5, 5.41) is 0. The van der Waals surface area contributed by atoms with Gasteiger partial charge >= 0.3 is 5.97 Å². The molecular formula is C20H42NO6P. The van der Waals surface area contributed by atoms with E-state index >= 15 is 0 Å². The highest BCUT2D eigenvalue weighted by atomic mass is 31.2. The van der Waals surface area contributed by atoms with Gasteiger partial charge in [0.15, 0.2) is 0 Å². The lowest BCUT2D eigenvalue weighted by atomic mass is 10.1. The van der Waals surface area contributed by atoms with Gasteiger partial charge in [0.05, 0.1) is 34.4 Å². The van der Waals surface area contributed by atoms with E-state index in [-0.39, 0.29) is 19.2 Å². The molecule has 0 aliphatic rings. The molecule has 0 amide bonds. The highest BCUT2D eigenvalue weighted by molar-refractivity contribution is 7.45. The molecule has 0 heterocycles. The number of phosphoric acid groups is 1. The van der Waals surface area contributed by atoms with Crippen LogP contribution in [0.5, 0.6) is 0 Å². The molecule has 0 aromatic heterocycles. The molecule has 0 fully saturated rings.